The molecule has 2 atom stereocenters. The van der Waals surface area contributed by atoms with Crippen LogP contribution in [0.3, 0.4) is 0 Å². The Bertz CT molecular complexity index is 2630. The van der Waals surface area contributed by atoms with E-state index in [0.717, 1.165) is 26.9 Å². The summed E-state index contributed by atoms with van der Waals surface area (Å²) in [5.74, 6) is -4.17. The number of amides is 7. The Morgan fingerprint density at radius 3 is 2.14 bits per heavy atom. The molecule has 4 heterocycles. The van der Waals surface area contributed by atoms with Gasteiger partial charge in [0.2, 0.25) is 23.6 Å². The zero-order chi connectivity index (χ0) is 46.7. The quantitative estimate of drug-likeness (QED) is 0.0543. The number of aryl methyl sites for hydroxylation is 1. The molecule has 2 aliphatic heterocycles. The number of piperidine rings is 1. The minimum absolute atomic E-state index is 0.00753. The molecule has 20 nitrogen and oxygen atoms in total. The maximum atomic E-state index is 13.6. The molecule has 66 heavy (non-hydrogen) atoms. The second-order valence-electron chi connectivity index (χ2n) is 15.4. The summed E-state index contributed by atoms with van der Waals surface area (Å²) in [5.41, 5.74) is 2.80. The normalized spacial score (nSPS) is 15.3. The van der Waals surface area contributed by atoms with Crippen LogP contribution < -0.4 is 21.3 Å². The van der Waals surface area contributed by atoms with E-state index in [1.54, 1.807) is 35.9 Å². The molecule has 7 amide bonds. The third-order valence-electron chi connectivity index (χ3n) is 10.6. The van der Waals surface area contributed by atoms with Gasteiger partial charge in [0.05, 0.1) is 75.2 Å². The first-order valence-electron chi connectivity index (χ1n) is 21.2. The Morgan fingerprint density at radius 2 is 1.47 bits per heavy atom. The summed E-state index contributed by atoms with van der Waals surface area (Å²) in [7, 11) is 1.81. The largest absolute Gasteiger partial charge is 0.377 e. The van der Waals surface area contributed by atoms with Crippen LogP contribution in [-0.4, -0.2) is 145 Å². The molecule has 1 fully saturated rings. The summed E-state index contributed by atoms with van der Waals surface area (Å²) in [6.45, 7) is 3.32. The summed E-state index contributed by atoms with van der Waals surface area (Å²) in [6.07, 6.45) is 1.88. The Hall–Kier alpha value is -6.91. The van der Waals surface area contributed by atoms with Gasteiger partial charge in [0, 0.05) is 54.3 Å². The molecular formula is C45H49FN8O12. The molecule has 0 saturated carbocycles. The van der Waals surface area contributed by atoms with Crippen LogP contribution in [0.25, 0.3) is 27.6 Å². The number of imide groups is 2. The zero-order valence-electron chi connectivity index (χ0n) is 36.3. The molecule has 0 spiro atoms. The Labute approximate surface area is 377 Å². The number of fused-ring (bicyclic) bond motifs is 4. The highest BCUT2D eigenvalue weighted by molar-refractivity contribution is 6.26. The standard InChI is InChI=1S/C45H49FN8O12/c1-27(48-42(58)28-6-11-35-32(22-28)33-24-52(2)51-41(33)53(35)30-9-7-29(46)8-10-30)23-47-38(56)25-65-20-18-63-16-14-62-15-17-64-19-21-66-26-39(57)49-34-5-3-4-31-40(34)45(61)54(44(31)60)36-12-13-37(55)50-43(36)59/h3-11,22,24,27,36H,12-21,23,25-26H2,1-2H3,(H,47,56)(H,48,58)(H,49,57)(H,50,55,59)/t27-,36?/m1/s1. The van der Waals surface area contributed by atoms with E-state index in [2.05, 4.69) is 26.4 Å². The van der Waals surface area contributed by atoms with Gasteiger partial charge in [-0.05, 0) is 67.9 Å². The summed E-state index contributed by atoms with van der Waals surface area (Å²) in [4.78, 5) is 88.9. The van der Waals surface area contributed by atoms with Gasteiger partial charge < -0.3 is 39.6 Å². The zero-order valence-corrected chi connectivity index (χ0v) is 36.3. The van der Waals surface area contributed by atoms with Crippen molar-refractivity contribution in [3.05, 3.63) is 89.4 Å². The van der Waals surface area contributed by atoms with Gasteiger partial charge in [0.25, 0.3) is 17.7 Å². The molecule has 7 rings (SSSR count). The highest BCUT2D eigenvalue weighted by Gasteiger charge is 2.45. The molecule has 0 radical (unpaired) electrons. The number of hydrogen-bond donors (Lipinski definition) is 4. The summed E-state index contributed by atoms with van der Waals surface area (Å²) >= 11 is 0. The number of carbonyl (C=O) groups is 7. The van der Waals surface area contributed by atoms with Gasteiger partial charge >= 0.3 is 0 Å². The lowest BCUT2D eigenvalue weighted by Gasteiger charge is -2.27. The van der Waals surface area contributed by atoms with E-state index in [0.29, 0.717) is 24.4 Å². The van der Waals surface area contributed by atoms with E-state index in [1.807, 2.05) is 23.9 Å². The summed E-state index contributed by atoms with van der Waals surface area (Å²) < 4.78 is 44.4. The molecular weight excluding hydrogens is 864 g/mol. The number of benzene rings is 3. The molecule has 348 valence electrons. The Morgan fingerprint density at radius 1 is 0.818 bits per heavy atom. The first kappa shape index (κ1) is 47.1. The number of hydrogen-bond acceptors (Lipinski definition) is 13. The van der Waals surface area contributed by atoms with Crippen molar-refractivity contribution < 1.29 is 61.6 Å². The van der Waals surface area contributed by atoms with Gasteiger partial charge in [-0.3, -0.25) is 53.0 Å². The van der Waals surface area contributed by atoms with E-state index in [9.17, 15) is 38.0 Å². The van der Waals surface area contributed by atoms with Crippen LogP contribution in [-0.2, 0) is 49.9 Å². The fraction of sp³-hybridized carbons (Fsp3) is 0.378. The monoisotopic (exact) mass is 912 g/mol. The fourth-order valence-electron chi connectivity index (χ4n) is 7.47. The summed E-state index contributed by atoms with van der Waals surface area (Å²) in [5, 5.41) is 16.6. The van der Waals surface area contributed by atoms with Gasteiger partial charge in [-0.1, -0.05) is 6.07 Å². The van der Waals surface area contributed by atoms with E-state index in [-0.39, 0.29) is 113 Å². The van der Waals surface area contributed by atoms with Crippen LogP contribution in [0.2, 0.25) is 0 Å². The number of anilines is 1. The van der Waals surface area contributed by atoms with Crippen LogP contribution >= 0.6 is 0 Å². The van der Waals surface area contributed by atoms with E-state index < -0.39 is 35.6 Å². The number of rotatable bonds is 23. The van der Waals surface area contributed by atoms with Crippen molar-refractivity contribution in [3.8, 4) is 5.69 Å². The number of nitrogens with one attached hydrogen (secondary N) is 4. The van der Waals surface area contributed by atoms with Crippen molar-refractivity contribution in [3.63, 3.8) is 0 Å². The van der Waals surface area contributed by atoms with Crippen molar-refractivity contribution >= 4 is 69.0 Å². The van der Waals surface area contributed by atoms with Crippen molar-refractivity contribution in [1.29, 1.82) is 0 Å². The maximum Gasteiger partial charge on any atom is 0.264 e. The second kappa shape index (κ2) is 21.8. The third kappa shape index (κ3) is 11.3. The average Bonchev–Trinajstić information content (AvgIpc) is 3.90. The Kier molecular flexibility index (Phi) is 15.6. The molecule has 1 saturated heterocycles. The maximum absolute atomic E-state index is 13.6. The van der Waals surface area contributed by atoms with Gasteiger partial charge in [0.15, 0.2) is 5.65 Å². The van der Waals surface area contributed by atoms with Crippen LogP contribution in [0.15, 0.2) is 66.9 Å². The predicted molar refractivity (Wildman–Crippen MR) is 233 cm³/mol. The summed E-state index contributed by atoms with van der Waals surface area (Å²) in [6, 6.07) is 14.4. The van der Waals surface area contributed by atoms with Crippen LogP contribution in [0.4, 0.5) is 10.1 Å². The third-order valence-corrected chi connectivity index (χ3v) is 10.6. The van der Waals surface area contributed by atoms with E-state index in [1.165, 1.54) is 30.3 Å². The minimum Gasteiger partial charge on any atom is -0.377 e. The molecule has 21 heteroatoms. The molecule has 3 aromatic carbocycles. The highest BCUT2D eigenvalue weighted by atomic mass is 19.1. The minimum atomic E-state index is -1.12. The van der Waals surface area contributed by atoms with E-state index in [4.69, 9.17) is 23.7 Å². The molecule has 2 aliphatic rings. The van der Waals surface area contributed by atoms with Gasteiger partial charge in [-0.25, -0.2) is 4.39 Å². The number of aromatic nitrogens is 3. The second-order valence-corrected chi connectivity index (χ2v) is 15.4. The molecule has 4 N–H and O–H groups in total. The molecule has 0 aliphatic carbocycles. The van der Waals surface area contributed by atoms with Crippen molar-refractivity contribution in [2.45, 2.75) is 31.8 Å². The average molecular weight is 913 g/mol. The number of nitrogens with zero attached hydrogens (tertiary/aromatic N) is 4. The lowest BCUT2D eigenvalue weighted by Crippen LogP contribution is -2.54. The van der Waals surface area contributed by atoms with Crippen molar-refractivity contribution in [2.75, 3.05) is 77.9 Å². The van der Waals surface area contributed by atoms with Gasteiger partial charge in [0.1, 0.15) is 25.1 Å². The lowest BCUT2D eigenvalue weighted by atomic mass is 10.0. The lowest BCUT2D eigenvalue weighted by molar-refractivity contribution is -0.136. The van der Waals surface area contributed by atoms with Crippen LogP contribution in [0, 0.1) is 5.82 Å². The van der Waals surface area contributed by atoms with E-state index >= 15 is 0 Å². The predicted octanol–water partition coefficient (Wildman–Crippen LogP) is 2.01. The molecule has 1 unspecified atom stereocenters. The molecule has 2 aromatic heterocycles. The number of halogens is 1. The molecule has 5 aromatic rings. The van der Waals surface area contributed by atoms with Crippen molar-refractivity contribution in [2.24, 2.45) is 7.05 Å². The first-order valence-corrected chi connectivity index (χ1v) is 21.2. The topological polar surface area (TPSA) is 240 Å². The Balaban J connectivity index is 0.690. The highest BCUT2D eigenvalue weighted by Crippen LogP contribution is 2.33. The number of carbonyl (C=O) groups excluding carboxylic acids is 7. The number of ether oxygens (including phenoxy) is 5. The van der Waals surface area contributed by atoms with Crippen LogP contribution in [0.1, 0.15) is 50.8 Å². The van der Waals surface area contributed by atoms with Gasteiger partial charge in [-0.15, -0.1) is 0 Å². The smallest absolute Gasteiger partial charge is 0.264 e. The van der Waals surface area contributed by atoms with Crippen LogP contribution in [0.5, 0.6) is 0 Å². The SMILES string of the molecule is C[C@H](CNC(=O)COCCOCCOCCOCCOCC(=O)Nc1cccc2c1C(=O)N(C1CCC(=O)NC1=O)C2=O)NC(=O)c1ccc2c(c1)c1cn(C)nc1n2-c1ccc(F)cc1. The first-order chi connectivity index (χ1) is 31.9. The molecule has 0 bridgehead atoms. The van der Waals surface area contributed by atoms with Gasteiger partial charge in [-0.2, -0.15) is 5.10 Å². The fourth-order valence-corrected chi connectivity index (χ4v) is 7.47. The van der Waals surface area contributed by atoms with Crippen molar-refractivity contribution in [1.82, 2.24) is 35.2 Å².